The highest BCUT2D eigenvalue weighted by atomic mass is 16.8. The summed E-state index contributed by atoms with van der Waals surface area (Å²) in [6, 6.07) is 0. The van der Waals surface area contributed by atoms with E-state index in [9.17, 15) is 33.6 Å². The van der Waals surface area contributed by atoms with E-state index in [4.69, 9.17) is 61.6 Å². The van der Waals surface area contributed by atoms with Crippen molar-refractivity contribution >= 4 is 41.8 Å². The molecular formula is C53H78O20. The van der Waals surface area contributed by atoms with Crippen molar-refractivity contribution in [1.82, 2.24) is 0 Å². The highest BCUT2D eigenvalue weighted by Crippen LogP contribution is 2.71. The van der Waals surface area contributed by atoms with E-state index in [1.54, 1.807) is 0 Å². The molecule has 8 rings (SSSR count). The molecule has 8 aliphatic rings. The second-order valence-electron chi connectivity index (χ2n) is 22.9. The molecule has 4 heterocycles. The minimum absolute atomic E-state index is 0.0577. The summed E-state index contributed by atoms with van der Waals surface area (Å²) >= 11 is 0. The van der Waals surface area contributed by atoms with Gasteiger partial charge in [-0.2, -0.15) is 0 Å². The Morgan fingerprint density at radius 1 is 0.521 bits per heavy atom. The van der Waals surface area contributed by atoms with Crippen molar-refractivity contribution in [2.24, 2.45) is 52.3 Å². The molecule has 4 aliphatic heterocycles. The molecule has 0 N–H and O–H groups in total. The molecule has 73 heavy (non-hydrogen) atoms. The molecule has 20 nitrogen and oxygen atoms in total. The maximum atomic E-state index is 13.1. The van der Waals surface area contributed by atoms with Gasteiger partial charge in [-0.25, -0.2) is 0 Å². The molecule has 0 aromatic carbocycles. The number of carbonyl (C=O) groups excluding carboxylic acids is 7. The Kier molecular flexibility index (Phi) is 16.6. The van der Waals surface area contributed by atoms with E-state index in [0.717, 1.165) is 92.6 Å². The van der Waals surface area contributed by atoms with E-state index in [2.05, 4.69) is 27.7 Å². The van der Waals surface area contributed by atoms with E-state index in [1.165, 1.54) is 13.8 Å². The van der Waals surface area contributed by atoms with Crippen molar-refractivity contribution in [3.63, 3.8) is 0 Å². The van der Waals surface area contributed by atoms with Gasteiger partial charge in [0.2, 0.25) is 0 Å². The standard InChI is InChI=1S/C53H78O20/c1-25-14-19-53(63-22-25)26(2)42-39(73-53)21-38-36-13-12-34-20-35(15-17-51(34,10)37(36)16-18-52(38,42)11)69-49-47(67-32(8)59)46(66-31(7)58)44(41(70-49)24-62-28(4)55)72-50-48(68-33(9)60)45(65-30(6)57)43(64-29(5)56)40(71-50)23-61-27(3)54/h25-26,34-50H,12-24H2,1-11H3/t25-,26+,34+,35+,36-,37+,38+,39?,40-,41-,42?,43-,44-,45+,46+,47-,48-,49-,50+,51+,52+,53-/m1/s1. The number of ether oxygens (including phenoxy) is 13. The van der Waals surface area contributed by atoms with Crippen LogP contribution in [0.3, 0.4) is 0 Å². The molecule has 8 fully saturated rings. The Balaban J connectivity index is 1.03. The Bertz CT molecular complexity index is 2070. The fourth-order valence-electron chi connectivity index (χ4n) is 15.1. The predicted molar refractivity (Wildman–Crippen MR) is 250 cm³/mol. The Morgan fingerprint density at radius 3 is 1.59 bits per heavy atom. The molecular weight excluding hydrogens is 957 g/mol. The summed E-state index contributed by atoms with van der Waals surface area (Å²) in [6.45, 7) is 17.2. The molecule has 0 aromatic rings. The van der Waals surface area contributed by atoms with Crippen LogP contribution in [0.25, 0.3) is 0 Å². The van der Waals surface area contributed by atoms with Crippen LogP contribution in [0.2, 0.25) is 0 Å². The van der Waals surface area contributed by atoms with Crippen LogP contribution in [0.15, 0.2) is 0 Å². The minimum atomic E-state index is -1.78. The third-order valence-electron chi connectivity index (χ3n) is 18.1. The second-order valence-corrected chi connectivity index (χ2v) is 22.9. The van der Waals surface area contributed by atoms with Crippen molar-refractivity contribution in [2.75, 3.05) is 19.8 Å². The van der Waals surface area contributed by atoms with Gasteiger partial charge in [-0.05, 0) is 104 Å². The zero-order valence-electron chi connectivity index (χ0n) is 44.3. The Labute approximate surface area is 427 Å². The van der Waals surface area contributed by atoms with E-state index >= 15 is 0 Å². The largest absolute Gasteiger partial charge is 0.463 e. The highest BCUT2D eigenvalue weighted by molar-refractivity contribution is 5.69. The van der Waals surface area contributed by atoms with Crippen LogP contribution < -0.4 is 0 Å². The van der Waals surface area contributed by atoms with Crippen LogP contribution >= 0.6 is 0 Å². The number of esters is 7. The van der Waals surface area contributed by atoms with Gasteiger partial charge in [0.15, 0.2) is 48.9 Å². The van der Waals surface area contributed by atoms with Crippen LogP contribution in [-0.4, -0.2) is 141 Å². The lowest BCUT2D eigenvalue weighted by atomic mass is 9.44. The molecule has 0 amide bonds. The van der Waals surface area contributed by atoms with Crippen molar-refractivity contribution in [3.05, 3.63) is 0 Å². The molecule has 4 saturated heterocycles. The number of hydrogen-bond acceptors (Lipinski definition) is 20. The zero-order valence-corrected chi connectivity index (χ0v) is 44.3. The van der Waals surface area contributed by atoms with E-state index in [0.29, 0.717) is 54.3 Å². The molecule has 0 aromatic heterocycles. The van der Waals surface area contributed by atoms with Crippen LogP contribution in [0.4, 0.5) is 0 Å². The van der Waals surface area contributed by atoms with Crippen molar-refractivity contribution in [3.8, 4) is 0 Å². The maximum Gasteiger partial charge on any atom is 0.303 e. The summed E-state index contributed by atoms with van der Waals surface area (Å²) in [7, 11) is 0. The third kappa shape index (κ3) is 11.3. The quantitative estimate of drug-likeness (QED) is 0.127. The van der Waals surface area contributed by atoms with Crippen LogP contribution in [0.1, 0.15) is 140 Å². The van der Waals surface area contributed by atoms with Gasteiger partial charge in [-0.15, -0.1) is 0 Å². The second kappa shape index (κ2) is 22.0. The molecule has 1 spiro atoms. The van der Waals surface area contributed by atoms with Gasteiger partial charge in [0.1, 0.15) is 31.5 Å². The summed E-state index contributed by atoms with van der Waals surface area (Å²) in [5.41, 5.74) is 0.242. The van der Waals surface area contributed by atoms with Crippen LogP contribution in [0.5, 0.6) is 0 Å². The number of fused-ring (bicyclic) bond motifs is 7. The zero-order chi connectivity index (χ0) is 52.9. The number of carbonyl (C=O) groups is 7. The van der Waals surface area contributed by atoms with Gasteiger partial charge in [0, 0.05) is 60.8 Å². The molecule has 22 atom stereocenters. The lowest BCUT2D eigenvalue weighted by Gasteiger charge is -2.61. The molecule has 0 bridgehead atoms. The first-order chi connectivity index (χ1) is 34.4. The van der Waals surface area contributed by atoms with Crippen molar-refractivity contribution < 1.29 is 95.1 Å². The molecule has 20 heteroatoms. The Morgan fingerprint density at radius 2 is 1.04 bits per heavy atom. The number of rotatable bonds is 13. The first kappa shape index (κ1) is 55.3. The van der Waals surface area contributed by atoms with E-state index in [1.807, 2.05) is 0 Å². The highest BCUT2D eigenvalue weighted by Gasteiger charge is 2.69. The van der Waals surface area contributed by atoms with Crippen LogP contribution in [0, 0.1) is 52.3 Å². The van der Waals surface area contributed by atoms with E-state index in [-0.39, 0.29) is 23.0 Å². The fourth-order valence-corrected chi connectivity index (χ4v) is 15.1. The molecule has 4 aliphatic carbocycles. The molecule has 2 unspecified atom stereocenters. The van der Waals surface area contributed by atoms with Crippen LogP contribution in [-0.2, 0) is 95.1 Å². The van der Waals surface area contributed by atoms with Gasteiger partial charge in [-0.1, -0.05) is 27.7 Å². The first-order valence-electron chi connectivity index (χ1n) is 26.5. The molecule has 0 radical (unpaired) electrons. The fraction of sp³-hybridized carbons (Fsp3) is 0.868. The predicted octanol–water partition coefficient (Wildman–Crippen LogP) is 5.44. The van der Waals surface area contributed by atoms with Gasteiger partial charge in [0.05, 0.1) is 18.8 Å². The summed E-state index contributed by atoms with van der Waals surface area (Å²) in [6.07, 6.45) is -5.52. The smallest absolute Gasteiger partial charge is 0.303 e. The van der Waals surface area contributed by atoms with E-state index < -0.39 is 122 Å². The van der Waals surface area contributed by atoms with Crippen molar-refractivity contribution in [1.29, 1.82) is 0 Å². The first-order valence-corrected chi connectivity index (χ1v) is 26.5. The average Bonchev–Trinajstić information content (AvgIpc) is 3.75. The topological polar surface area (TPSA) is 239 Å². The van der Waals surface area contributed by atoms with Gasteiger partial charge < -0.3 is 61.6 Å². The van der Waals surface area contributed by atoms with Crippen molar-refractivity contribution in [2.45, 2.75) is 220 Å². The van der Waals surface area contributed by atoms with Gasteiger partial charge in [-0.3, -0.25) is 33.6 Å². The number of hydrogen-bond donors (Lipinski definition) is 0. The maximum absolute atomic E-state index is 13.1. The molecule has 4 saturated carbocycles. The SMILES string of the molecule is CC(=O)OC[C@H]1O[C@@H](O[C@H]2[C@H](OC(C)=O)[C@@H](OC(C)=O)[C@H](O[C@H]3CC[C@@]4(C)[C@@H](CC[C@@H]5[C@@H]4CC[C@]4(C)C6C(C[C@@H]54)O[C@]4(CC[C@@H](C)CO4)[C@H]6C)C3)O[C@@H]2COC(C)=O)[C@H](OC(C)=O)[C@@H](OC(C)=O)[C@@H]1OC(C)=O. The minimum Gasteiger partial charge on any atom is -0.463 e. The van der Waals surface area contributed by atoms with Gasteiger partial charge in [0.25, 0.3) is 0 Å². The average molecular weight is 1040 g/mol. The lowest BCUT2D eigenvalue weighted by molar-refractivity contribution is -0.365. The summed E-state index contributed by atoms with van der Waals surface area (Å²) in [4.78, 5) is 88.3. The molecule has 410 valence electrons. The normalized spacial score (nSPS) is 44.7. The Hall–Kier alpha value is -3.95. The summed E-state index contributed by atoms with van der Waals surface area (Å²) in [5, 5.41) is 0. The lowest BCUT2D eigenvalue weighted by Crippen LogP contribution is -2.67. The third-order valence-corrected chi connectivity index (χ3v) is 18.1. The summed E-state index contributed by atoms with van der Waals surface area (Å²) in [5.74, 6) is -2.67. The monoisotopic (exact) mass is 1030 g/mol. The van der Waals surface area contributed by atoms with Gasteiger partial charge >= 0.3 is 41.8 Å². The summed E-state index contributed by atoms with van der Waals surface area (Å²) < 4.78 is 79.2.